The summed E-state index contributed by atoms with van der Waals surface area (Å²) in [7, 11) is 0. The monoisotopic (exact) mass is 506 g/mol. The minimum Gasteiger partial charge on any atom is -0.508 e. The molecule has 2 rings (SSSR count). The first-order chi connectivity index (χ1) is 17.0. The predicted octanol–water partition coefficient (Wildman–Crippen LogP) is -0.253. The van der Waals surface area contributed by atoms with Crippen LogP contribution in [0.2, 0.25) is 0 Å². The van der Waals surface area contributed by atoms with Gasteiger partial charge < -0.3 is 36.6 Å². The van der Waals surface area contributed by atoms with E-state index in [1.54, 1.807) is 26.0 Å². The number of amides is 3. The maximum absolute atomic E-state index is 13.1. The van der Waals surface area contributed by atoms with E-state index in [9.17, 15) is 34.2 Å². The van der Waals surface area contributed by atoms with Crippen LogP contribution in [0.5, 0.6) is 5.75 Å². The van der Waals surface area contributed by atoms with Crippen molar-refractivity contribution >= 4 is 29.7 Å². The number of carbonyl (C=O) groups excluding carboxylic acids is 3. The van der Waals surface area contributed by atoms with Gasteiger partial charge in [0.2, 0.25) is 17.7 Å². The molecular formula is C24H34N4O8. The fraction of sp³-hybridized carbons (Fsp3) is 0.542. The third-order valence-electron chi connectivity index (χ3n) is 5.90. The Bertz CT molecular complexity index is 944. The Balaban J connectivity index is 2.23. The molecule has 1 aromatic rings. The number of phenols is 1. The zero-order chi connectivity index (χ0) is 26.8. The van der Waals surface area contributed by atoms with E-state index in [0.29, 0.717) is 18.5 Å². The second kappa shape index (κ2) is 13.4. The summed E-state index contributed by atoms with van der Waals surface area (Å²) in [4.78, 5) is 61.5. The number of benzene rings is 1. The molecule has 7 N–H and O–H groups in total. The summed E-state index contributed by atoms with van der Waals surface area (Å²) in [6.45, 7) is 3.90. The van der Waals surface area contributed by atoms with Gasteiger partial charge in [0.1, 0.15) is 23.9 Å². The molecule has 1 aliphatic rings. The number of aliphatic carboxylic acids is 2. The van der Waals surface area contributed by atoms with Gasteiger partial charge in [-0.15, -0.1) is 0 Å². The highest BCUT2D eigenvalue weighted by Crippen LogP contribution is 2.13. The number of carbonyl (C=O) groups is 5. The van der Waals surface area contributed by atoms with E-state index in [2.05, 4.69) is 21.3 Å². The molecule has 1 fully saturated rings. The van der Waals surface area contributed by atoms with Gasteiger partial charge in [-0.1, -0.05) is 26.0 Å². The van der Waals surface area contributed by atoms with Gasteiger partial charge in [-0.25, -0.2) is 4.79 Å². The van der Waals surface area contributed by atoms with E-state index >= 15 is 0 Å². The van der Waals surface area contributed by atoms with E-state index in [1.165, 1.54) is 12.1 Å². The van der Waals surface area contributed by atoms with Crippen molar-refractivity contribution in [3.05, 3.63) is 29.8 Å². The number of rotatable bonds is 13. The highest BCUT2D eigenvalue weighted by Gasteiger charge is 2.32. The first kappa shape index (κ1) is 28.6. The molecule has 0 saturated carbocycles. The van der Waals surface area contributed by atoms with Gasteiger partial charge in [-0.3, -0.25) is 19.2 Å². The maximum atomic E-state index is 13.1. The number of carboxylic acids is 2. The second-order valence-corrected chi connectivity index (χ2v) is 9.14. The first-order valence-electron chi connectivity index (χ1n) is 11.8. The summed E-state index contributed by atoms with van der Waals surface area (Å²) in [6.07, 6.45) is 0.749. The van der Waals surface area contributed by atoms with Crippen LogP contribution in [-0.2, 0) is 30.4 Å². The molecule has 0 bridgehead atoms. The highest BCUT2D eigenvalue weighted by atomic mass is 16.4. The molecule has 1 heterocycles. The molecule has 3 amide bonds. The molecule has 4 unspecified atom stereocenters. The third kappa shape index (κ3) is 8.84. The molecule has 0 radical (unpaired) electrons. The Morgan fingerprint density at radius 3 is 2.14 bits per heavy atom. The Morgan fingerprint density at radius 1 is 0.972 bits per heavy atom. The molecule has 36 heavy (non-hydrogen) atoms. The Morgan fingerprint density at radius 2 is 1.61 bits per heavy atom. The topological polar surface area (TPSA) is 194 Å². The minimum absolute atomic E-state index is 0.00602. The van der Waals surface area contributed by atoms with Crippen molar-refractivity contribution in [1.29, 1.82) is 0 Å². The molecule has 1 aromatic carbocycles. The Labute approximate surface area is 208 Å². The SMILES string of the molecule is CC(C)C(NC(=O)C(Cc1ccc(O)cc1)NC(=O)C(CCC(=O)O)NC(=O)C1CCCN1)C(=O)O. The van der Waals surface area contributed by atoms with E-state index in [4.69, 9.17) is 5.11 Å². The summed E-state index contributed by atoms with van der Waals surface area (Å²) >= 11 is 0. The van der Waals surface area contributed by atoms with Gasteiger partial charge in [0, 0.05) is 12.8 Å². The van der Waals surface area contributed by atoms with Gasteiger partial charge in [0.25, 0.3) is 0 Å². The predicted molar refractivity (Wildman–Crippen MR) is 128 cm³/mol. The van der Waals surface area contributed by atoms with E-state index in [-0.39, 0.29) is 25.0 Å². The lowest BCUT2D eigenvalue weighted by atomic mass is 10.0. The van der Waals surface area contributed by atoms with Crippen LogP contribution in [0.4, 0.5) is 0 Å². The van der Waals surface area contributed by atoms with Crippen LogP contribution >= 0.6 is 0 Å². The minimum atomic E-state index is -1.23. The number of nitrogens with one attached hydrogen (secondary N) is 4. The fourth-order valence-electron chi connectivity index (χ4n) is 3.83. The van der Waals surface area contributed by atoms with Crippen molar-refractivity contribution in [2.24, 2.45) is 5.92 Å². The number of hydrogen-bond acceptors (Lipinski definition) is 7. The van der Waals surface area contributed by atoms with Gasteiger partial charge >= 0.3 is 11.9 Å². The zero-order valence-electron chi connectivity index (χ0n) is 20.3. The van der Waals surface area contributed by atoms with Crippen molar-refractivity contribution in [2.45, 2.75) is 70.1 Å². The number of hydrogen-bond donors (Lipinski definition) is 7. The van der Waals surface area contributed by atoms with Gasteiger partial charge in [0.15, 0.2) is 0 Å². The molecule has 0 aromatic heterocycles. The first-order valence-corrected chi connectivity index (χ1v) is 11.8. The summed E-state index contributed by atoms with van der Waals surface area (Å²) < 4.78 is 0. The highest BCUT2D eigenvalue weighted by molar-refractivity contribution is 5.94. The molecule has 12 nitrogen and oxygen atoms in total. The number of carboxylic acid groups (broad SMARTS) is 2. The van der Waals surface area contributed by atoms with Gasteiger partial charge in [-0.05, 0) is 49.4 Å². The second-order valence-electron chi connectivity index (χ2n) is 9.14. The van der Waals surface area contributed by atoms with Crippen LogP contribution in [0.15, 0.2) is 24.3 Å². The number of phenolic OH excluding ortho intramolecular Hbond substituents is 1. The van der Waals surface area contributed by atoms with E-state index < -0.39 is 59.7 Å². The molecular weight excluding hydrogens is 472 g/mol. The molecule has 1 saturated heterocycles. The fourth-order valence-corrected chi connectivity index (χ4v) is 3.83. The van der Waals surface area contributed by atoms with Crippen molar-refractivity contribution in [2.75, 3.05) is 6.54 Å². The Hall–Kier alpha value is -3.67. The average Bonchev–Trinajstić information content (AvgIpc) is 3.35. The number of aromatic hydroxyl groups is 1. The Kier molecular flexibility index (Phi) is 10.7. The van der Waals surface area contributed by atoms with E-state index in [0.717, 1.165) is 6.42 Å². The molecule has 12 heteroatoms. The van der Waals surface area contributed by atoms with Crippen LogP contribution in [0.1, 0.15) is 45.1 Å². The lowest BCUT2D eigenvalue weighted by molar-refractivity contribution is -0.143. The molecule has 198 valence electrons. The van der Waals surface area contributed by atoms with Gasteiger partial charge in [0.05, 0.1) is 6.04 Å². The zero-order valence-corrected chi connectivity index (χ0v) is 20.3. The van der Waals surface area contributed by atoms with Crippen molar-refractivity contribution in [3.63, 3.8) is 0 Å². The third-order valence-corrected chi connectivity index (χ3v) is 5.90. The van der Waals surface area contributed by atoms with E-state index in [1.807, 2.05) is 0 Å². The molecule has 0 aliphatic carbocycles. The van der Waals surface area contributed by atoms with Crippen LogP contribution < -0.4 is 21.3 Å². The summed E-state index contributed by atoms with van der Waals surface area (Å²) in [5, 5.41) is 38.6. The van der Waals surface area contributed by atoms with Crippen molar-refractivity contribution in [1.82, 2.24) is 21.3 Å². The standard InChI is InChI=1S/C24H34N4O8/c1-13(2)20(24(35)36)28-23(34)18(12-14-5-7-15(29)8-6-14)27-22(33)17(9-10-19(30)31)26-21(32)16-4-3-11-25-16/h5-8,13,16-18,20,25,29H,3-4,9-12H2,1-2H3,(H,26,32)(H,27,33)(H,28,34)(H,30,31)(H,35,36). The maximum Gasteiger partial charge on any atom is 0.326 e. The molecule has 4 atom stereocenters. The van der Waals surface area contributed by atoms with Crippen LogP contribution in [-0.4, -0.2) is 75.7 Å². The normalized spacial score (nSPS) is 17.6. The van der Waals surface area contributed by atoms with Crippen LogP contribution in [0, 0.1) is 5.92 Å². The molecule has 0 spiro atoms. The summed E-state index contributed by atoms with van der Waals surface area (Å²) in [6, 6.07) is 1.78. The van der Waals surface area contributed by atoms with Crippen molar-refractivity contribution in [3.8, 4) is 5.75 Å². The molecule has 1 aliphatic heterocycles. The van der Waals surface area contributed by atoms with Gasteiger partial charge in [-0.2, -0.15) is 0 Å². The average molecular weight is 507 g/mol. The smallest absolute Gasteiger partial charge is 0.326 e. The quantitative estimate of drug-likeness (QED) is 0.189. The largest absolute Gasteiger partial charge is 0.508 e. The summed E-state index contributed by atoms with van der Waals surface area (Å²) in [5.74, 6) is -4.77. The lowest BCUT2D eigenvalue weighted by Crippen LogP contribution is -2.58. The van der Waals surface area contributed by atoms with Crippen molar-refractivity contribution < 1.29 is 39.3 Å². The van der Waals surface area contributed by atoms with Crippen LogP contribution in [0.3, 0.4) is 0 Å². The lowest BCUT2D eigenvalue weighted by Gasteiger charge is -2.26. The van der Waals surface area contributed by atoms with Crippen LogP contribution in [0.25, 0.3) is 0 Å². The summed E-state index contributed by atoms with van der Waals surface area (Å²) in [5.41, 5.74) is 0.575.